The molecule has 0 aliphatic heterocycles. The van der Waals surface area contributed by atoms with Gasteiger partial charge in [-0.15, -0.1) is 0 Å². The lowest BCUT2D eigenvalue weighted by atomic mass is 10.2. The largest absolute Gasteiger partial charge is 0.397 e. The van der Waals surface area contributed by atoms with Gasteiger partial charge in [-0.1, -0.05) is 12.8 Å². The molecule has 1 aromatic rings. The van der Waals surface area contributed by atoms with E-state index in [-0.39, 0.29) is 0 Å². The van der Waals surface area contributed by atoms with E-state index in [0.29, 0.717) is 6.04 Å². The molecule has 3 N–H and O–H groups in total. The van der Waals surface area contributed by atoms with Gasteiger partial charge in [0.15, 0.2) is 0 Å². The first-order valence-electron chi connectivity index (χ1n) is 4.82. The fourth-order valence-electron chi connectivity index (χ4n) is 1.82. The second kappa shape index (κ2) is 3.64. The Kier molecular flexibility index (Phi) is 2.34. The molecule has 0 unspecified atom stereocenters. The molecule has 3 nitrogen and oxygen atoms in total. The van der Waals surface area contributed by atoms with E-state index >= 15 is 0 Å². The summed E-state index contributed by atoms with van der Waals surface area (Å²) in [5.41, 5.74) is 7.57. The van der Waals surface area contributed by atoms with Crippen LogP contribution >= 0.6 is 0 Å². The van der Waals surface area contributed by atoms with Gasteiger partial charge in [0.25, 0.3) is 0 Å². The van der Waals surface area contributed by atoms with Crippen LogP contribution in [-0.4, -0.2) is 11.0 Å². The molecule has 0 bridgehead atoms. The topological polar surface area (TPSA) is 50.9 Å². The smallest absolute Gasteiger partial charge is 0.0762 e. The van der Waals surface area contributed by atoms with Crippen LogP contribution in [0.3, 0.4) is 0 Å². The summed E-state index contributed by atoms with van der Waals surface area (Å²) in [6, 6.07) is 2.43. The molecule has 1 fully saturated rings. The van der Waals surface area contributed by atoms with Gasteiger partial charge in [-0.25, -0.2) is 0 Å². The minimum absolute atomic E-state index is 0.603. The lowest BCUT2D eigenvalue weighted by Crippen LogP contribution is -2.15. The number of pyridine rings is 1. The van der Waals surface area contributed by atoms with Crippen LogP contribution in [0.15, 0.2) is 18.5 Å². The van der Waals surface area contributed by atoms with Crippen LogP contribution in [0.1, 0.15) is 25.7 Å². The Hall–Kier alpha value is -1.25. The Morgan fingerprint density at radius 1 is 1.38 bits per heavy atom. The first-order valence-corrected chi connectivity index (χ1v) is 4.82. The molecular weight excluding hydrogens is 162 g/mol. The molecule has 1 aliphatic carbocycles. The van der Waals surface area contributed by atoms with Gasteiger partial charge in [0.1, 0.15) is 0 Å². The third-order valence-electron chi connectivity index (χ3n) is 2.57. The van der Waals surface area contributed by atoms with Gasteiger partial charge in [0.2, 0.25) is 0 Å². The average molecular weight is 177 g/mol. The molecule has 3 heteroatoms. The van der Waals surface area contributed by atoms with Crippen molar-refractivity contribution in [1.82, 2.24) is 4.98 Å². The summed E-state index contributed by atoms with van der Waals surface area (Å²) in [6.07, 6.45) is 8.70. The average Bonchev–Trinajstić information content (AvgIpc) is 2.61. The number of anilines is 2. The highest BCUT2D eigenvalue weighted by atomic mass is 15.0. The summed E-state index contributed by atoms with van der Waals surface area (Å²) in [7, 11) is 0. The minimum Gasteiger partial charge on any atom is -0.397 e. The standard InChI is InChI=1S/C10H15N3/c11-9-5-6-12-7-10(9)13-8-3-1-2-4-8/h5-8,13H,1-4H2,(H2,11,12). The van der Waals surface area contributed by atoms with Crippen molar-refractivity contribution in [2.75, 3.05) is 11.1 Å². The molecule has 1 aromatic heterocycles. The first-order chi connectivity index (χ1) is 6.36. The lowest BCUT2D eigenvalue weighted by Gasteiger charge is -2.14. The zero-order valence-corrected chi connectivity index (χ0v) is 7.66. The van der Waals surface area contributed by atoms with Crippen molar-refractivity contribution in [3.05, 3.63) is 18.5 Å². The summed E-state index contributed by atoms with van der Waals surface area (Å²) >= 11 is 0. The van der Waals surface area contributed by atoms with Gasteiger partial charge in [0, 0.05) is 12.2 Å². The maximum atomic E-state index is 5.80. The van der Waals surface area contributed by atoms with Gasteiger partial charge in [-0.3, -0.25) is 4.98 Å². The second-order valence-corrected chi connectivity index (χ2v) is 3.59. The van der Waals surface area contributed by atoms with E-state index < -0.39 is 0 Å². The minimum atomic E-state index is 0.603. The van der Waals surface area contributed by atoms with E-state index in [2.05, 4.69) is 10.3 Å². The van der Waals surface area contributed by atoms with Crippen molar-refractivity contribution in [1.29, 1.82) is 0 Å². The van der Waals surface area contributed by atoms with Crippen molar-refractivity contribution in [3.8, 4) is 0 Å². The van der Waals surface area contributed by atoms with Gasteiger partial charge in [-0.05, 0) is 18.9 Å². The molecule has 0 amide bonds. The van der Waals surface area contributed by atoms with Crippen LogP contribution in [0.5, 0.6) is 0 Å². The number of hydrogen-bond acceptors (Lipinski definition) is 3. The monoisotopic (exact) mass is 177 g/mol. The molecule has 13 heavy (non-hydrogen) atoms. The third kappa shape index (κ3) is 1.91. The summed E-state index contributed by atoms with van der Waals surface area (Å²) in [6.45, 7) is 0. The summed E-state index contributed by atoms with van der Waals surface area (Å²) < 4.78 is 0. The van der Waals surface area contributed by atoms with E-state index in [1.807, 2.05) is 6.07 Å². The second-order valence-electron chi connectivity index (χ2n) is 3.59. The fraction of sp³-hybridized carbons (Fsp3) is 0.500. The molecule has 0 atom stereocenters. The molecule has 2 rings (SSSR count). The van der Waals surface area contributed by atoms with Crippen molar-refractivity contribution >= 4 is 11.4 Å². The Labute approximate surface area is 78.4 Å². The summed E-state index contributed by atoms with van der Waals surface area (Å²) in [4.78, 5) is 4.05. The van der Waals surface area contributed by atoms with E-state index in [4.69, 9.17) is 5.73 Å². The number of nitrogens with two attached hydrogens (primary N) is 1. The molecule has 0 aromatic carbocycles. The highest BCUT2D eigenvalue weighted by Gasteiger charge is 2.14. The predicted octanol–water partition coefficient (Wildman–Crippen LogP) is 2.02. The van der Waals surface area contributed by atoms with Crippen LogP contribution in [0.2, 0.25) is 0 Å². The highest BCUT2D eigenvalue weighted by molar-refractivity contribution is 5.64. The van der Waals surface area contributed by atoms with Crippen molar-refractivity contribution in [2.45, 2.75) is 31.7 Å². The molecule has 1 heterocycles. The Balaban J connectivity index is 2.04. The molecule has 1 saturated carbocycles. The number of nitrogen functional groups attached to an aromatic ring is 1. The maximum absolute atomic E-state index is 5.80. The van der Waals surface area contributed by atoms with Crippen molar-refractivity contribution < 1.29 is 0 Å². The van der Waals surface area contributed by atoms with Crippen LogP contribution in [0, 0.1) is 0 Å². The maximum Gasteiger partial charge on any atom is 0.0762 e. The third-order valence-corrected chi connectivity index (χ3v) is 2.57. The van der Waals surface area contributed by atoms with E-state index in [0.717, 1.165) is 11.4 Å². The van der Waals surface area contributed by atoms with Crippen LogP contribution in [0.25, 0.3) is 0 Å². The normalized spacial score (nSPS) is 17.5. The van der Waals surface area contributed by atoms with Crippen LogP contribution in [0.4, 0.5) is 11.4 Å². The number of nitrogens with one attached hydrogen (secondary N) is 1. The first kappa shape index (κ1) is 8.35. The van der Waals surface area contributed by atoms with Crippen molar-refractivity contribution in [3.63, 3.8) is 0 Å². The number of rotatable bonds is 2. The molecule has 0 radical (unpaired) electrons. The van der Waals surface area contributed by atoms with Gasteiger partial charge in [0.05, 0.1) is 17.6 Å². The molecule has 0 spiro atoms. The number of nitrogens with zero attached hydrogens (tertiary/aromatic N) is 1. The molecule has 0 saturated heterocycles. The van der Waals surface area contributed by atoms with Gasteiger partial charge >= 0.3 is 0 Å². The zero-order chi connectivity index (χ0) is 9.10. The molecule has 1 aliphatic rings. The van der Waals surface area contributed by atoms with Gasteiger partial charge in [-0.2, -0.15) is 0 Å². The van der Waals surface area contributed by atoms with E-state index in [1.54, 1.807) is 12.4 Å². The lowest BCUT2D eigenvalue weighted by molar-refractivity contribution is 0.755. The van der Waals surface area contributed by atoms with E-state index in [9.17, 15) is 0 Å². The Morgan fingerprint density at radius 2 is 2.15 bits per heavy atom. The van der Waals surface area contributed by atoms with Crippen LogP contribution < -0.4 is 11.1 Å². The number of hydrogen-bond donors (Lipinski definition) is 2. The summed E-state index contributed by atoms with van der Waals surface area (Å²) in [5.74, 6) is 0. The Morgan fingerprint density at radius 3 is 2.85 bits per heavy atom. The Bertz CT molecular complexity index is 279. The molecular formula is C10H15N3. The van der Waals surface area contributed by atoms with Crippen LogP contribution in [-0.2, 0) is 0 Å². The number of aromatic nitrogens is 1. The predicted molar refractivity (Wildman–Crippen MR) is 54.5 cm³/mol. The van der Waals surface area contributed by atoms with E-state index in [1.165, 1.54) is 25.7 Å². The highest BCUT2D eigenvalue weighted by Crippen LogP contribution is 2.24. The molecule has 70 valence electrons. The SMILES string of the molecule is Nc1ccncc1NC1CCCC1. The van der Waals surface area contributed by atoms with Crippen molar-refractivity contribution in [2.24, 2.45) is 0 Å². The van der Waals surface area contributed by atoms with Gasteiger partial charge < -0.3 is 11.1 Å². The fourth-order valence-corrected chi connectivity index (χ4v) is 1.82. The summed E-state index contributed by atoms with van der Waals surface area (Å²) in [5, 5.41) is 3.42. The zero-order valence-electron chi connectivity index (χ0n) is 7.66. The quantitative estimate of drug-likeness (QED) is 0.726.